The van der Waals surface area contributed by atoms with Gasteiger partial charge in [-0.2, -0.15) is 0 Å². The smallest absolute Gasteiger partial charge is 0.260 e. The van der Waals surface area contributed by atoms with Gasteiger partial charge in [0, 0.05) is 19.6 Å². The topological polar surface area (TPSA) is 44.8 Å². The van der Waals surface area contributed by atoms with Crippen LogP contribution in [-0.2, 0) is 4.79 Å². The van der Waals surface area contributed by atoms with Crippen LogP contribution in [0.25, 0.3) is 0 Å². The summed E-state index contributed by atoms with van der Waals surface area (Å²) in [6, 6.07) is 7.79. The van der Waals surface area contributed by atoms with Crippen LogP contribution in [0.15, 0.2) is 24.3 Å². The minimum Gasteiger partial charge on any atom is -0.481 e. The number of amides is 1. The molecule has 1 aliphatic rings. The highest BCUT2D eigenvalue weighted by Crippen LogP contribution is 2.17. The number of likely N-dealkylation sites (tertiary alicyclic amines) is 1. The molecular formula is C20H33N3O2. The molecule has 1 unspecified atom stereocenters. The SMILES string of the molecule is Cc1ccc(OC(C)C(=O)NCC2CCN(CCN(C)C)CC2)cc1. The van der Waals surface area contributed by atoms with Gasteiger partial charge in [0.15, 0.2) is 6.10 Å². The molecule has 1 saturated heterocycles. The van der Waals surface area contributed by atoms with Crippen molar-refractivity contribution in [2.24, 2.45) is 5.92 Å². The molecule has 1 atom stereocenters. The Bertz CT molecular complexity index is 522. The fourth-order valence-corrected chi connectivity index (χ4v) is 3.02. The van der Waals surface area contributed by atoms with Crippen molar-refractivity contribution in [3.8, 4) is 5.75 Å². The van der Waals surface area contributed by atoms with Gasteiger partial charge in [-0.15, -0.1) is 0 Å². The van der Waals surface area contributed by atoms with Crippen molar-refractivity contribution in [2.45, 2.75) is 32.8 Å². The summed E-state index contributed by atoms with van der Waals surface area (Å²) >= 11 is 0. The number of aryl methyl sites for hydroxylation is 1. The largest absolute Gasteiger partial charge is 0.481 e. The molecule has 0 aliphatic carbocycles. The molecule has 0 spiro atoms. The van der Waals surface area contributed by atoms with Gasteiger partial charge in [0.25, 0.3) is 5.91 Å². The van der Waals surface area contributed by atoms with Crippen LogP contribution in [0, 0.1) is 12.8 Å². The summed E-state index contributed by atoms with van der Waals surface area (Å²) in [5.41, 5.74) is 1.18. The number of likely N-dealkylation sites (N-methyl/N-ethyl adjacent to an activating group) is 1. The Labute approximate surface area is 152 Å². The third-order valence-corrected chi connectivity index (χ3v) is 4.84. The summed E-state index contributed by atoms with van der Waals surface area (Å²) < 4.78 is 5.72. The summed E-state index contributed by atoms with van der Waals surface area (Å²) in [5.74, 6) is 1.28. The van der Waals surface area contributed by atoms with Gasteiger partial charge < -0.3 is 19.9 Å². The number of ether oxygens (including phenoxy) is 1. The molecule has 1 heterocycles. The number of carbonyl (C=O) groups excluding carboxylic acids is 1. The van der Waals surface area contributed by atoms with Crippen molar-refractivity contribution in [1.29, 1.82) is 0 Å². The molecule has 2 rings (SSSR count). The molecule has 0 aromatic heterocycles. The van der Waals surface area contributed by atoms with E-state index in [1.807, 2.05) is 31.2 Å². The van der Waals surface area contributed by atoms with E-state index in [9.17, 15) is 4.79 Å². The Balaban J connectivity index is 1.65. The van der Waals surface area contributed by atoms with Gasteiger partial charge in [0.2, 0.25) is 0 Å². The first-order chi connectivity index (χ1) is 11.9. The molecule has 5 nitrogen and oxygen atoms in total. The minimum absolute atomic E-state index is 0.0318. The van der Waals surface area contributed by atoms with E-state index in [4.69, 9.17) is 4.74 Å². The highest BCUT2D eigenvalue weighted by Gasteiger charge is 2.21. The van der Waals surface area contributed by atoms with Gasteiger partial charge in [-0.25, -0.2) is 0 Å². The van der Waals surface area contributed by atoms with E-state index in [0.717, 1.165) is 51.3 Å². The average Bonchev–Trinajstić information content (AvgIpc) is 2.60. The number of hydrogen-bond donors (Lipinski definition) is 1. The van der Waals surface area contributed by atoms with E-state index in [1.54, 1.807) is 6.92 Å². The summed E-state index contributed by atoms with van der Waals surface area (Å²) in [6.45, 7) is 9.09. The van der Waals surface area contributed by atoms with Crippen LogP contribution in [0.5, 0.6) is 5.75 Å². The summed E-state index contributed by atoms with van der Waals surface area (Å²) in [5, 5.41) is 3.06. The number of benzene rings is 1. The normalized spacial score (nSPS) is 17.5. The van der Waals surface area contributed by atoms with E-state index in [1.165, 1.54) is 5.56 Å². The molecule has 1 aliphatic heterocycles. The van der Waals surface area contributed by atoms with Gasteiger partial charge in [0.05, 0.1) is 0 Å². The first kappa shape index (κ1) is 19.7. The Morgan fingerprint density at radius 3 is 2.52 bits per heavy atom. The number of carbonyl (C=O) groups is 1. The molecule has 5 heteroatoms. The Morgan fingerprint density at radius 1 is 1.28 bits per heavy atom. The number of rotatable bonds is 8. The van der Waals surface area contributed by atoms with Crippen molar-refractivity contribution >= 4 is 5.91 Å². The number of hydrogen-bond acceptors (Lipinski definition) is 4. The quantitative estimate of drug-likeness (QED) is 0.783. The molecular weight excluding hydrogens is 314 g/mol. The predicted molar refractivity (Wildman–Crippen MR) is 102 cm³/mol. The lowest BCUT2D eigenvalue weighted by molar-refractivity contribution is -0.127. The van der Waals surface area contributed by atoms with Gasteiger partial charge >= 0.3 is 0 Å². The Hall–Kier alpha value is -1.59. The highest BCUT2D eigenvalue weighted by atomic mass is 16.5. The number of piperidine rings is 1. The zero-order valence-corrected chi connectivity index (χ0v) is 16.1. The minimum atomic E-state index is -0.470. The first-order valence-electron chi connectivity index (χ1n) is 9.32. The van der Waals surface area contributed by atoms with Crippen LogP contribution in [0.4, 0.5) is 0 Å². The van der Waals surface area contributed by atoms with E-state index in [0.29, 0.717) is 5.92 Å². The summed E-state index contributed by atoms with van der Waals surface area (Å²) in [6.07, 6.45) is 1.84. The third-order valence-electron chi connectivity index (χ3n) is 4.84. The fraction of sp³-hybridized carbons (Fsp3) is 0.650. The molecule has 25 heavy (non-hydrogen) atoms. The monoisotopic (exact) mass is 347 g/mol. The van der Waals surface area contributed by atoms with Crippen molar-refractivity contribution in [2.75, 3.05) is 46.8 Å². The van der Waals surface area contributed by atoms with Crippen LogP contribution in [-0.4, -0.2) is 68.6 Å². The van der Waals surface area contributed by atoms with Crippen molar-refractivity contribution in [1.82, 2.24) is 15.1 Å². The second-order valence-electron chi connectivity index (χ2n) is 7.41. The molecule has 1 aromatic carbocycles. The van der Waals surface area contributed by atoms with Gasteiger partial charge in [-0.05, 0) is 71.9 Å². The van der Waals surface area contributed by atoms with Crippen LogP contribution in [0.3, 0.4) is 0 Å². The molecule has 0 saturated carbocycles. The highest BCUT2D eigenvalue weighted by molar-refractivity contribution is 5.80. The van der Waals surface area contributed by atoms with Crippen LogP contribution in [0.1, 0.15) is 25.3 Å². The second kappa shape index (κ2) is 9.78. The molecule has 1 aromatic rings. The maximum Gasteiger partial charge on any atom is 0.260 e. The summed E-state index contributed by atoms with van der Waals surface area (Å²) in [4.78, 5) is 17.0. The van der Waals surface area contributed by atoms with E-state index in [-0.39, 0.29) is 5.91 Å². The lowest BCUT2D eigenvalue weighted by atomic mass is 9.96. The Morgan fingerprint density at radius 2 is 1.92 bits per heavy atom. The number of nitrogens with one attached hydrogen (secondary N) is 1. The van der Waals surface area contributed by atoms with Crippen molar-refractivity contribution < 1.29 is 9.53 Å². The Kier molecular flexibility index (Phi) is 7.72. The predicted octanol–water partition coefficient (Wildman–Crippen LogP) is 2.15. The molecule has 1 amide bonds. The third kappa shape index (κ3) is 7.04. The second-order valence-corrected chi connectivity index (χ2v) is 7.41. The number of nitrogens with zero attached hydrogens (tertiary/aromatic N) is 2. The molecule has 1 fully saturated rings. The van der Waals surface area contributed by atoms with Gasteiger partial charge in [-0.1, -0.05) is 17.7 Å². The molecule has 140 valence electrons. The van der Waals surface area contributed by atoms with Gasteiger partial charge in [0.1, 0.15) is 5.75 Å². The average molecular weight is 348 g/mol. The van der Waals surface area contributed by atoms with Crippen LogP contribution < -0.4 is 10.1 Å². The van der Waals surface area contributed by atoms with Crippen molar-refractivity contribution in [3.63, 3.8) is 0 Å². The van der Waals surface area contributed by atoms with Crippen LogP contribution >= 0.6 is 0 Å². The van der Waals surface area contributed by atoms with Gasteiger partial charge in [-0.3, -0.25) is 4.79 Å². The maximum absolute atomic E-state index is 12.2. The molecule has 1 N–H and O–H groups in total. The fourth-order valence-electron chi connectivity index (χ4n) is 3.02. The zero-order valence-electron chi connectivity index (χ0n) is 16.1. The molecule has 0 radical (unpaired) electrons. The molecule has 0 bridgehead atoms. The van der Waals surface area contributed by atoms with E-state index >= 15 is 0 Å². The van der Waals surface area contributed by atoms with Crippen molar-refractivity contribution in [3.05, 3.63) is 29.8 Å². The van der Waals surface area contributed by atoms with Crippen LogP contribution in [0.2, 0.25) is 0 Å². The zero-order chi connectivity index (χ0) is 18.2. The van der Waals surface area contributed by atoms with E-state index < -0.39 is 6.10 Å². The van der Waals surface area contributed by atoms with E-state index in [2.05, 4.69) is 29.2 Å². The standard InChI is InChI=1S/C20H33N3O2/c1-16-5-7-19(8-6-16)25-17(2)20(24)21-15-18-9-11-23(12-10-18)14-13-22(3)4/h5-8,17-18H,9-15H2,1-4H3,(H,21,24). The first-order valence-corrected chi connectivity index (χ1v) is 9.32. The lowest BCUT2D eigenvalue weighted by Crippen LogP contribution is -2.43. The lowest BCUT2D eigenvalue weighted by Gasteiger charge is -2.32. The summed E-state index contributed by atoms with van der Waals surface area (Å²) in [7, 11) is 4.23. The maximum atomic E-state index is 12.2.